The molecule has 0 radical (unpaired) electrons. The molecule has 0 N–H and O–H groups in total. The van der Waals surface area contributed by atoms with Gasteiger partial charge in [0.05, 0.1) is 4.20 Å². The van der Waals surface area contributed by atoms with Crippen molar-refractivity contribution in [2.75, 3.05) is 13.3 Å². The van der Waals surface area contributed by atoms with E-state index < -0.39 is 0 Å². The van der Waals surface area contributed by atoms with Crippen molar-refractivity contribution in [3.8, 4) is 0 Å². The van der Waals surface area contributed by atoms with E-state index in [1.807, 2.05) is 13.3 Å². The minimum Gasteiger partial charge on any atom is -0.297 e. The summed E-state index contributed by atoms with van der Waals surface area (Å²) in [4.78, 5) is 4.25. The van der Waals surface area contributed by atoms with Crippen molar-refractivity contribution < 1.29 is 0 Å². The van der Waals surface area contributed by atoms with Crippen molar-refractivity contribution >= 4 is 33.9 Å². The van der Waals surface area contributed by atoms with Crippen LogP contribution in [-0.2, 0) is 0 Å². The lowest BCUT2D eigenvalue weighted by molar-refractivity contribution is 0.825. The van der Waals surface area contributed by atoms with Gasteiger partial charge in [0.15, 0.2) is 0 Å². The maximum absolute atomic E-state index is 5.24. The van der Waals surface area contributed by atoms with Gasteiger partial charge < -0.3 is 0 Å². The summed E-state index contributed by atoms with van der Waals surface area (Å²) in [5.41, 5.74) is 1.31. The van der Waals surface area contributed by atoms with E-state index >= 15 is 0 Å². The van der Waals surface area contributed by atoms with Crippen LogP contribution in [0.15, 0.2) is 4.99 Å². The molecule has 1 nitrogen and oxygen atoms in total. The molecule has 1 aliphatic rings. The summed E-state index contributed by atoms with van der Waals surface area (Å²) in [6, 6.07) is 0. The molecule has 0 spiro atoms. The van der Waals surface area contributed by atoms with Crippen LogP contribution in [0, 0.1) is 5.92 Å². The highest BCUT2D eigenvalue weighted by Crippen LogP contribution is 2.27. The molecule has 0 heterocycles. The Kier molecular flexibility index (Phi) is 3.52. The van der Waals surface area contributed by atoms with Crippen molar-refractivity contribution in [1.29, 1.82) is 0 Å². The Bertz CT molecular complexity index is 187. The summed E-state index contributed by atoms with van der Waals surface area (Å²) in [6.45, 7) is 0. The number of thiocarbonyl (C=S) groups is 1. The number of hydrogen-bond donors (Lipinski definition) is 0. The van der Waals surface area contributed by atoms with Gasteiger partial charge >= 0.3 is 0 Å². The summed E-state index contributed by atoms with van der Waals surface area (Å²) in [5, 5.41) is 0. The quantitative estimate of drug-likeness (QED) is 0.585. The third kappa shape index (κ3) is 2.03. The van der Waals surface area contributed by atoms with Crippen LogP contribution in [0.4, 0.5) is 0 Å². The van der Waals surface area contributed by atoms with Crippen LogP contribution in [0.3, 0.4) is 0 Å². The number of nitrogens with zero attached hydrogens (tertiary/aromatic N) is 1. The highest BCUT2D eigenvalue weighted by atomic mass is 32.2. The molecule has 0 aromatic carbocycles. The first-order chi connectivity index (χ1) is 5.29. The van der Waals surface area contributed by atoms with Crippen molar-refractivity contribution in [3.63, 3.8) is 0 Å². The first kappa shape index (κ1) is 9.20. The second kappa shape index (κ2) is 4.21. The van der Waals surface area contributed by atoms with Gasteiger partial charge in [-0.2, -0.15) is 0 Å². The Morgan fingerprint density at radius 2 is 2.45 bits per heavy atom. The predicted octanol–water partition coefficient (Wildman–Crippen LogP) is 2.55. The van der Waals surface area contributed by atoms with E-state index in [0.717, 1.165) is 10.6 Å². The standard InChI is InChI=1S/C8H13NS2/c1-9-7-5-3-4-6(7)8(10)11-2/h6H,3-5H2,1-2H3. The van der Waals surface area contributed by atoms with E-state index in [-0.39, 0.29) is 0 Å². The van der Waals surface area contributed by atoms with Gasteiger partial charge in [0, 0.05) is 18.7 Å². The van der Waals surface area contributed by atoms with Crippen LogP contribution >= 0.6 is 24.0 Å². The van der Waals surface area contributed by atoms with E-state index in [0.29, 0.717) is 5.92 Å². The van der Waals surface area contributed by atoms with E-state index in [9.17, 15) is 0 Å². The lowest BCUT2D eigenvalue weighted by Gasteiger charge is -2.08. The second-order valence-electron chi connectivity index (χ2n) is 2.68. The highest BCUT2D eigenvalue weighted by Gasteiger charge is 2.24. The average Bonchev–Trinajstić information content (AvgIpc) is 2.50. The van der Waals surface area contributed by atoms with E-state index in [1.165, 1.54) is 18.6 Å². The fourth-order valence-corrected chi connectivity index (χ4v) is 2.28. The lowest BCUT2D eigenvalue weighted by Crippen LogP contribution is -2.13. The smallest absolute Gasteiger partial charge is 0.0563 e. The summed E-state index contributed by atoms with van der Waals surface area (Å²) < 4.78 is 1.11. The van der Waals surface area contributed by atoms with Gasteiger partial charge in [0.2, 0.25) is 0 Å². The second-order valence-corrected chi connectivity index (χ2v) is 4.23. The Morgan fingerprint density at radius 3 is 3.00 bits per heavy atom. The average molecular weight is 187 g/mol. The first-order valence-electron chi connectivity index (χ1n) is 3.83. The molecule has 1 unspecified atom stereocenters. The van der Waals surface area contributed by atoms with Crippen molar-refractivity contribution in [1.82, 2.24) is 0 Å². The SMILES string of the molecule is CN=C1CCCC1C(=S)SC. The zero-order chi connectivity index (χ0) is 8.27. The van der Waals surface area contributed by atoms with Crippen LogP contribution in [-0.4, -0.2) is 23.2 Å². The van der Waals surface area contributed by atoms with Gasteiger partial charge in [-0.05, 0) is 25.5 Å². The minimum absolute atomic E-state index is 0.505. The lowest BCUT2D eigenvalue weighted by atomic mass is 10.1. The fourth-order valence-electron chi connectivity index (χ4n) is 1.49. The van der Waals surface area contributed by atoms with Gasteiger partial charge in [-0.15, -0.1) is 11.8 Å². The summed E-state index contributed by atoms with van der Waals surface area (Å²) in [7, 11) is 1.87. The summed E-state index contributed by atoms with van der Waals surface area (Å²) in [5.74, 6) is 0.505. The zero-order valence-corrected chi connectivity index (χ0v) is 8.60. The third-order valence-electron chi connectivity index (χ3n) is 2.10. The molecule has 0 amide bonds. The summed E-state index contributed by atoms with van der Waals surface area (Å²) in [6.07, 6.45) is 5.68. The van der Waals surface area contributed by atoms with Gasteiger partial charge in [0.1, 0.15) is 0 Å². The van der Waals surface area contributed by atoms with E-state index in [2.05, 4.69) is 4.99 Å². The molecule has 1 rings (SSSR count). The molecule has 3 heteroatoms. The van der Waals surface area contributed by atoms with Gasteiger partial charge in [-0.1, -0.05) is 12.2 Å². The maximum atomic E-state index is 5.24. The molecular formula is C8H13NS2. The summed E-state index contributed by atoms with van der Waals surface area (Å²) >= 11 is 6.93. The maximum Gasteiger partial charge on any atom is 0.0563 e. The number of hydrogen-bond acceptors (Lipinski definition) is 3. The number of thioether (sulfide) groups is 1. The van der Waals surface area contributed by atoms with Crippen LogP contribution in [0.25, 0.3) is 0 Å². The molecule has 11 heavy (non-hydrogen) atoms. The Labute approximate surface area is 77.7 Å². The molecule has 0 saturated heterocycles. The molecule has 62 valence electrons. The molecule has 0 aliphatic heterocycles. The van der Waals surface area contributed by atoms with Crippen LogP contribution < -0.4 is 0 Å². The number of rotatable bonds is 1. The Morgan fingerprint density at radius 1 is 1.73 bits per heavy atom. The molecule has 1 fully saturated rings. The number of aliphatic imine (C=N–C) groups is 1. The van der Waals surface area contributed by atoms with Crippen LogP contribution in [0.2, 0.25) is 0 Å². The zero-order valence-electron chi connectivity index (χ0n) is 6.96. The van der Waals surface area contributed by atoms with Gasteiger partial charge in [-0.3, -0.25) is 4.99 Å². The molecule has 0 bridgehead atoms. The molecule has 1 saturated carbocycles. The highest BCUT2D eigenvalue weighted by molar-refractivity contribution is 8.22. The Hall–Kier alpha value is 0.110. The van der Waals surface area contributed by atoms with Crippen molar-refractivity contribution in [2.45, 2.75) is 19.3 Å². The molecule has 1 aliphatic carbocycles. The van der Waals surface area contributed by atoms with Crippen molar-refractivity contribution in [2.24, 2.45) is 10.9 Å². The molecule has 0 aromatic rings. The Balaban J connectivity index is 2.64. The molecular weight excluding hydrogens is 174 g/mol. The molecule has 0 aromatic heterocycles. The fraction of sp³-hybridized carbons (Fsp3) is 0.750. The largest absolute Gasteiger partial charge is 0.297 e. The van der Waals surface area contributed by atoms with E-state index in [4.69, 9.17) is 12.2 Å². The normalized spacial score (nSPS) is 27.8. The van der Waals surface area contributed by atoms with E-state index in [1.54, 1.807) is 11.8 Å². The monoisotopic (exact) mass is 187 g/mol. The third-order valence-corrected chi connectivity index (χ3v) is 3.57. The molecule has 1 atom stereocenters. The topological polar surface area (TPSA) is 12.4 Å². The van der Waals surface area contributed by atoms with Crippen molar-refractivity contribution in [3.05, 3.63) is 0 Å². The van der Waals surface area contributed by atoms with Gasteiger partial charge in [-0.25, -0.2) is 0 Å². The van der Waals surface area contributed by atoms with Gasteiger partial charge in [0.25, 0.3) is 0 Å². The predicted molar refractivity (Wildman–Crippen MR) is 56.8 cm³/mol. The minimum atomic E-state index is 0.505. The van der Waals surface area contributed by atoms with Crippen LogP contribution in [0.1, 0.15) is 19.3 Å². The first-order valence-corrected chi connectivity index (χ1v) is 5.46. The van der Waals surface area contributed by atoms with Crippen LogP contribution in [0.5, 0.6) is 0 Å².